The summed E-state index contributed by atoms with van der Waals surface area (Å²) in [5, 5.41) is 9.11. The van der Waals surface area contributed by atoms with E-state index in [1.165, 1.54) is 0 Å². The standard InChI is InChI=1S/C27H46BrN3O4Si/c1-9-12-34-26(16-28)20-33-19-25-17-31(30-29-25)18-27(35-13-10-2)21-32-14-11-15-36(22(3)4,23(5)6)24(7)8/h9-10,17,22-24,26-27H,1-2,12-14,16,18-21H2,3-8H3/t26-,27-/m0/s1. The van der Waals surface area contributed by atoms with Crippen molar-refractivity contribution in [1.29, 1.82) is 0 Å². The van der Waals surface area contributed by atoms with Gasteiger partial charge in [0.25, 0.3) is 0 Å². The molecule has 7 nitrogen and oxygen atoms in total. The summed E-state index contributed by atoms with van der Waals surface area (Å²) >= 11 is 3.43. The number of alkyl halides is 1. The Kier molecular flexibility index (Phi) is 16.4. The van der Waals surface area contributed by atoms with Gasteiger partial charge in [-0.2, -0.15) is 0 Å². The lowest BCUT2D eigenvalue weighted by molar-refractivity contribution is -0.00776. The second-order valence-electron chi connectivity index (χ2n) is 9.80. The lowest BCUT2D eigenvalue weighted by Crippen LogP contribution is -2.43. The minimum absolute atomic E-state index is 0.0376. The first-order valence-corrected chi connectivity index (χ1v) is 16.1. The average molecular weight is 585 g/mol. The zero-order valence-electron chi connectivity index (χ0n) is 23.0. The molecule has 0 radical (unpaired) electrons. The summed E-state index contributed by atoms with van der Waals surface area (Å²) < 4.78 is 24.9. The minimum atomic E-state index is -1.75. The van der Waals surface area contributed by atoms with Crippen molar-refractivity contribution in [2.75, 3.05) is 38.4 Å². The predicted molar refractivity (Wildman–Crippen MR) is 153 cm³/mol. The molecule has 1 aromatic heterocycles. The van der Waals surface area contributed by atoms with Gasteiger partial charge in [-0.25, -0.2) is 4.68 Å². The fraction of sp³-hybridized carbons (Fsp3) is 0.704. The molecule has 0 amide bonds. The third kappa shape index (κ3) is 11.0. The van der Waals surface area contributed by atoms with Crippen LogP contribution in [0.1, 0.15) is 47.2 Å². The third-order valence-electron chi connectivity index (χ3n) is 6.25. The van der Waals surface area contributed by atoms with Crippen molar-refractivity contribution >= 4 is 24.0 Å². The lowest BCUT2D eigenvalue weighted by Gasteiger charge is -2.38. The van der Waals surface area contributed by atoms with Crippen LogP contribution in [0.2, 0.25) is 16.6 Å². The second kappa shape index (κ2) is 18.0. The van der Waals surface area contributed by atoms with Gasteiger partial charge < -0.3 is 18.9 Å². The molecule has 0 N–H and O–H groups in total. The van der Waals surface area contributed by atoms with Gasteiger partial charge in [0.15, 0.2) is 0 Å². The summed E-state index contributed by atoms with van der Waals surface area (Å²) in [6.07, 6.45) is 5.10. The molecule has 0 saturated heterocycles. The highest BCUT2D eigenvalue weighted by molar-refractivity contribution is 9.09. The fourth-order valence-electron chi connectivity index (χ4n) is 4.56. The summed E-state index contributed by atoms with van der Waals surface area (Å²) in [4.78, 5) is 0. The van der Waals surface area contributed by atoms with E-state index in [0.29, 0.717) is 68.1 Å². The normalized spacial score (nSPS) is 13.6. The van der Waals surface area contributed by atoms with Crippen molar-refractivity contribution in [1.82, 2.24) is 15.0 Å². The molecule has 1 rings (SSSR count). The Balaban J connectivity index is 2.63. The van der Waals surface area contributed by atoms with Gasteiger partial charge in [-0.05, 0) is 16.6 Å². The van der Waals surface area contributed by atoms with Gasteiger partial charge in [-0.3, -0.25) is 0 Å². The smallest absolute Gasteiger partial charge is 0.146 e. The minimum Gasteiger partial charge on any atom is -0.372 e. The largest absolute Gasteiger partial charge is 0.372 e. The molecule has 36 heavy (non-hydrogen) atoms. The summed E-state index contributed by atoms with van der Waals surface area (Å²) in [5.41, 5.74) is 6.25. The van der Waals surface area contributed by atoms with E-state index >= 15 is 0 Å². The number of aromatic nitrogens is 3. The molecule has 0 aliphatic carbocycles. The van der Waals surface area contributed by atoms with Crippen LogP contribution < -0.4 is 0 Å². The van der Waals surface area contributed by atoms with Gasteiger partial charge >= 0.3 is 0 Å². The quantitative estimate of drug-likeness (QED) is 0.0697. The molecule has 9 heteroatoms. The van der Waals surface area contributed by atoms with Crippen LogP contribution in [0.4, 0.5) is 0 Å². The highest BCUT2D eigenvalue weighted by atomic mass is 79.9. The average Bonchev–Trinajstić information content (AvgIpc) is 3.28. The van der Waals surface area contributed by atoms with Crippen molar-refractivity contribution in [2.45, 2.75) is 83.5 Å². The molecule has 0 aliphatic rings. The van der Waals surface area contributed by atoms with E-state index in [1.807, 2.05) is 6.20 Å². The molecule has 204 valence electrons. The number of rotatable bonds is 19. The van der Waals surface area contributed by atoms with Crippen LogP contribution in [0.5, 0.6) is 0 Å². The fourth-order valence-corrected chi connectivity index (χ4v) is 10.2. The van der Waals surface area contributed by atoms with Crippen molar-refractivity contribution in [3.05, 3.63) is 37.2 Å². The van der Waals surface area contributed by atoms with Crippen molar-refractivity contribution in [2.24, 2.45) is 0 Å². The Hall–Kier alpha value is -1.28. The molecule has 1 aromatic rings. The Morgan fingerprint density at radius 1 is 0.972 bits per heavy atom. The first kappa shape index (κ1) is 32.7. The molecular weight excluding hydrogens is 538 g/mol. The Morgan fingerprint density at radius 3 is 2.11 bits per heavy atom. The molecule has 0 aromatic carbocycles. The lowest BCUT2D eigenvalue weighted by atomic mass is 10.3. The van der Waals surface area contributed by atoms with E-state index in [0.717, 1.165) is 5.69 Å². The van der Waals surface area contributed by atoms with Gasteiger partial charge in [0.05, 0.1) is 51.9 Å². The van der Waals surface area contributed by atoms with Gasteiger partial charge in [-0.1, -0.05) is 80.8 Å². The zero-order chi connectivity index (χ0) is 27.0. The van der Waals surface area contributed by atoms with Crippen molar-refractivity contribution < 1.29 is 18.9 Å². The molecule has 2 atom stereocenters. The first-order valence-electron chi connectivity index (χ1n) is 12.8. The molecule has 0 unspecified atom stereocenters. The molecule has 0 spiro atoms. The topological polar surface area (TPSA) is 67.6 Å². The van der Waals surface area contributed by atoms with Crippen molar-refractivity contribution in [3.8, 4) is 11.5 Å². The molecular formula is C27H46BrN3O4Si. The van der Waals surface area contributed by atoms with Crippen LogP contribution in [-0.4, -0.2) is 73.6 Å². The zero-order valence-corrected chi connectivity index (χ0v) is 25.6. The van der Waals surface area contributed by atoms with E-state index in [1.54, 1.807) is 16.8 Å². The summed E-state index contributed by atoms with van der Waals surface area (Å²) in [7, 11) is -1.75. The van der Waals surface area contributed by atoms with Crippen LogP contribution in [0.25, 0.3) is 0 Å². The number of halogens is 1. The summed E-state index contributed by atoms with van der Waals surface area (Å²) in [6, 6.07) is 0. The highest BCUT2D eigenvalue weighted by Gasteiger charge is 2.41. The second-order valence-corrected chi connectivity index (χ2v) is 16.0. The first-order chi connectivity index (χ1) is 17.2. The van der Waals surface area contributed by atoms with Crippen LogP contribution >= 0.6 is 15.9 Å². The van der Waals surface area contributed by atoms with Gasteiger partial charge in [-0.15, -0.1) is 23.8 Å². The maximum absolute atomic E-state index is 5.92. The number of hydrogen-bond donors (Lipinski definition) is 0. The Bertz CT molecular complexity index is 798. The number of nitrogens with zero attached hydrogens (tertiary/aromatic N) is 3. The van der Waals surface area contributed by atoms with Crippen LogP contribution in [0.15, 0.2) is 31.5 Å². The Labute approximate surface area is 228 Å². The SMILES string of the molecule is C=CCO[C@H](COCC#C[Si](C(C)C)(C(C)C)C(C)C)Cn1cc(COC[C@H](CBr)OCC=C)nn1. The molecule has 1 heterocycles. The van der Waals surface area contributed by atoms with Gasteiger partial charge in [0, 0.05) is 5.33 Å². The van der Waals surface area contributed by atoms with Crippen molar-refractivity contribution in [3.63, 3.8) is 0 Å². The van der Waals surface area contributed by atoms with E-state index in [2.05, 4.69) is 92.4 Å². The summed E-state index contributed by atoms with van der Waals surface area (Å²) in [5.74, 6) is 3.34. The Morgan fingerprint density at radius 2 is 1.56 bits per heavy atom. The summed E-state index contributed by atoms with van der Waals surface area (Å²) in [6.45, 7) is 24.4. The molecule has 0 aliphatic heterocycles. The predicted octanol–water partition coefficient (Wildman–Crippen LogP) is 5.57. The van der Waals surface area contributed by atoms with E-state index in [4.69, 9.17) is 18.9 Å². The van der Waals surface area contributed by atoms with E-state index in [-0.39, 0.29) is 12.2 Å². The van der Waals surface area contributed by atoms with Crippen LogP contribution in [0.3, 0.4) is 0 Å². The monoisotopic (exact) mass is 583 g/mol. The maximum Gasteiger partial charge on any atom is 0.146 e. The number of hydrogen-bond acceptors (Lipinski definition) is 6. The van der Waals surface area contributed by atoms with Crippen LogP contribution in [-0.2, 0) is 32.1 Å². The maximum atomic E-state index is 5.92. The van der Waals surface area contributed by atoms with E-state index in [9.17, 15) is 0 Å². The van der Waals surface area contributed by atoms with Gasteiger partial charge in [0.2, 0.25) is 0 Å². The third-order valence-corrected chi connectivity index (χ3v) is 13.3. The van der Waals surface area contributed by atoms with Crippen LogP contribution in [0, 0.1) is 11.5 Å². The van der Waals surface area contributed by atoms with Gasteiger partial charge in [0.1, 0.15) is 26.5 Å². The highest BCUT2D eigenvalue weighted by Crippen LogP contribution is 2.40. The molecule has 0 fully saturated rings. The molecule has 0 bridgehead atoms. The van der Waals surface area contributed by atoms with E-state index < -0.39 is 8.07 Å². The molecule has 0 saturated carbocycles. The number of ether oxygens (including phenoxy) is 4.